The van der Waals surface area contributed by atoms with Crippen molar-refractivity contribution in [1.29, 1.82) is 0 Å². The molecule has 0 radical (unpaired) electrons. The van der Waals surface area contributed by atoms with E-state index in [4.69, 9.17) is 4.74 Å². The van der Waals surface area contributed by atoms with Gasteiger partial charge in [0.15, 0.2) is 0 Å². The number of hydrogen-bond donors (Lipinski definition) is 0. The van der Waals surface area contributed by atoms with Crippen LogP contribution in [0, 0.1) is 0 Å². The fourth-order valence-corrected chi connectivity index (χ4v) is 1.67. The summed E-state index contributed by atoms with van der Waals surface area (Å²) < 4.78 is 4.71. The van der Waals surface area contributed by atoms with Gasteiger partial charge in [-0.15, -0.1) is 0 Å². The molecule has 0 N–H and O–H groups in total. The second-order valence-corrected chi connectivity index (χ2v) is 4.59. The molecule has 2 heteroatoms. The zero-order chi connectivity index (χ0) is 13.5. The molecule has 0 bridgehead atoms. The fraction of sp³-hybridized carbons (Fsp3) is 0.688. The summed E-state index contributed by atoms with van der Waals surface area (Å²) in [7, 11) is 0. The average molecular weight is 252 g/mol. The lowest BCUT2D eigenvalue weighted by atomic mass is 10.1. The molecular formula is C16H28O2. The van der Waals surface area contributed by atoms with Gasteiger partial charge in [-0.2, -0.15) is 0 Å². The molecule has 2 nitrogen and oxygen atoms in total. The monoisotopic (exact) mass is 252 g/mol. The van der Waals surface area contributed by atoms with Gasteiger partial charge in [0, 0.05) is 6.92 Å². The van der Waals surface area contributed by atoms with Gasteiger partial charge in [-0.1, -0.05) is 44.8 Å². The number of allylic oxidation sites excluding steroid dienone is 3. The number of rotatable bonds is 11. The number of carbonyl (C=O) groups is 1. The van der Waals surface area contributed by atoms with Crippen molar-refractivity contribution >= 4 is 5.97 Å². The minimum absolute atomic E-state index is 0.248. The van der Waals surface area contributed by atoms with E-state index in [0.717, 1.165) is 6.42 Å². The fourth-order valence-electron chi connectivity index (χ4n) is 1.67. The highest BCUT2D eigenvalue weighted by Crippen LogP contribution is 2.08. The Bertz CT molecular complexity index is 241. The molecule has 0 heterocycles. The van der Waals surface area contributed by atoms with Gasteiger partial charge >= 0.3 is 5.97 Å². The molecule has 0 unspecified atom stereocenters. The van der Waals surface area contributed by atoms with Crippen LogP contribution in [0.15, 0.2) is 24.5 Å². The summed E-state index contributed by atoms with van der Waals surface area (Å²) in [6.45, 7) is 3.62. The molecule has 18 heavy (non-hydrogen) atoms. The minimum atomic E-state index is -0.248. The van der Waals surface area contributed by atoms with E-state index >= 15 is 0 Å². The minimum Gasteiger partial charge on any atom is -0.435 e. The highest BCUT2D eigenvalue weighted by atomic mass is 16.5. The summed E-state index contributed by atoms with van der Waals surface area (Å²) in [4.78, 5) is 10.5. The standard InChI is InChI=1S/C16H28O2/c1-3-4-5-6-7-8-9-10-11-12-13-14-15-18-16(2)17/h5-6,14-15H,3-4,7-13H2,1-2H3. The van der Waals surface area contributed by atoms with Crippen LogP contribution in [0.4, 0.5) is 0 Å². The number of hydrogen-bond acceptors (Lipinski definition) is 2. The molecule has 0 aliphatic carbocycles. The Morgan fingerprint density at radius 2 is 1.44 bits per heavy atom. The molecule has 0 saturated heterocycles. The number of carbonyl (C=O) groups excluding carboxylic acids is 1. The first kappa shape index (κ1) is 16.9. The van der Waals surface area contributed by atoms with Crippen molar-refractivity contribution in [2.24, 2.45) is 0 Å². The second-order valence-electron chi connectivity index (χ2n) is 4.59. The van der Waals surface area contributed by atoms with Crippen LogP contribution >= 0.6 is 0 Å². The molecule has 0 aromatic rings. The highest BCUT2D eigenvalue weighted by molar-refractivity contribution is 5.66. The van der Waals surface area contributed by atoms with Crippen LogP contribution in [0.3, 0.4) is 0 Å². The van der Waals surface area contributed by atoms with Gasteiger partial charge in [-0.25, -0.2) is 0 Å². The summed E-state index contributed by atoms with van der Waals surface area (Å²) in [5.41, 5.74) is 0. The van der Waals surface area contributed by atoms with Crippen molar-refractivity contribution in [2.45, 2.75) is 71.6 Å². The second kappa shape index (κ2) is 14.0. The molecule has 0 atom stereocenters. The Labute approximate surface area is 112 Å². The summed E-state index contributed by atoms with van der Waals surface area (Å²) in [5.74, 6) is -0.248. The summed E-state index contributed by atoms with van der Waals surface area (Å²) >= 11 is 0. The van der Waals surface area contributed by atoms with Gasteiger partial charge in [-0.05, 0) is 38.2 Å². The number of esters is 1. The lowest BCUT2D eigenvalue weighted by Crippen LogP contribution is -1.89. The van der Waals surface area contributed by atoms with Crippen molar-refractivity contribution in [3.8, 4) is 0 Å². The van der Waals surface area contributed by atoms with E-state index in [1.807, 2.05) is 6.08 Å². The molecule has 0 rings (SSSR count). The molecule has 0 saturated carbocycles. The molecule has 0 aromatic heterocycles. The van der Waals surface area contributed by atoms with Crippen LogP contribution in [0.5, 0.6) is 0 Å². The largest absolute Gasteiger partial charge is 0.435 e. The van der Waals surface area contributed by atoms with Gasteiger partial charge in [0.05, 0.1) is 6.26 Å². The molecule has 0 fully saturated rings. The highest BCUT2D eigenvalue weighted by Gasteiger charge is 1.89. The van der Waals surface area contributed by atoms with Crippen LogP contribution < -0.4 is 0 Å². The lowest BCUT2D eigenvalue weighted by molar-refractivity contribution is -0.135. The molecule has 0 aliphatic heterocycles. The van der Waals surface area contributed by atoms with Crippen LogP contribution in [0.2, 0.25) is 0 Å². The Morgan fingerprint density at radius 3 is 2.06 bits per heavy atom. The van der Waals surface area contributed by atoms with E-state index in [-0.39, 0.29) is 5.97 Å². The average Bonchev–Trinajstić information content (AvgIpc) is 2.34. The Morgan fingerprint density at radius 1 is 0.889 bits per heavy atom. The predicted octanol–water partition coefficient (Wildman–Crippen LogP) is 5.15. The number of unbranched alkanes of at least 4 members (excludes halogenated alkanes) is 7. The van der Waals surface area contributed by atoms with E-state index in [2.05, 4.69) is 19.1 Å². The third-order valence-corrected chi connectivity index (χ3v) is 2.69. The van der Waals surface area contributed by atoms with E-state index in [0.29, 0.717) is 0 Å². The van der Waals surface area contributed by atoms with Gasteiger partial charge in [0.25, 0.3) is 0 Å². The van der Waals surface area contributed by atoms with E-state index < -0.39 is 0 Å². The van der Waals surface area contributed by atoms with Crippen molar-refractivity contribution in [3.63, 3.8) is 0 Å². The summed E-state index contributed by atoms with van der Waals surface area (Å²) in [6, 6.07) is 0. The number of ether oxygens (including phenoxy) is 1. The maximum Gasteiger partial charge on any atom is 0.307 e. The van der Waals surface area contributed by atoms with Crippen molar-refractivity contribution in [3.05, 3.63) is 24.5 Å². The molecule has 0 aromatic carbocycles. The van der Waals surface area contributed by atoms with Crippen LogP contribution in [-0.2, 0) is 9.53 Å². The van der Waals surface area contributed by atoms with Crippen LogP contribution in [0.25, 0.3) is 0 Å². The van der Waals surface area contributed by atoms with E-state index in [1.165, 1.54) is 64.6 Å². The first-order valence-electron chi connectivity index (χ1n) is 7.24. The third-order valence-electron chi connectivity index (χ3n) is 2.69. The van der Waals surface area contributed by atoms with E-state index in [9.17, 15) is 4.79 Å². The molecule has 0 amide bonds. The Kier molecular flexibility index (Phi) is 13.2. The van der Waals surface area contributed by atoms with Gasteiger partial charge in [-0.3, -0.25) is 4.79 Å². The molecule has 0 spiro atoms. The van der Waals surface area contributed by atoms with Crippen molar-refractivity contribution in [1.82, 2.24) is 0 Å². The summed E-state index contributed by atoms with van der Waals surface area (Å²) in [6.07, 6.45) is 19.1. The van der Waals surface area contributed by atoms with Crippen molar-refractivity contribution in [2.75, 3.05) is 0 Å². The molecular weight excluding hydrogens is 224 g/mol. The Hall–Kier alpha value is -1.05. The maximum atomic E-state index is 10.5. The normalized spacial score (nSPS) is 11.4. The van der Waals surface area contributed by atoms with Crippen LogP contribution in [0.1, 0.15) is 71.6 Å². The van der Waals surface area contributed by atoms with E-state index in [1.54, 1.807) is 0 Å². The lowest BCUT2D eigenvalue weighted by Gasteiger charge is -1.98. The maximum absolute atomic E-state index is 10.5. The smallest absolute Gasteiger partial charge is 0.307 e. The predicted molar refractivity (Wildman–Crippen MR) is 77.3 cm³/mol. The van der Waals surface area contributed by atoms with Gasteiger partial charge in [0.1, 0.15) is 0 Å². The van der Waals surface area contributed by atoms with Gasteiger partial charge < -0.3 is 4.74 Å². The SMILES string of the molecule is CCCC=CCCCCCCCC=COC(C)=O. The quantitative estimate of drug-likeness (QED) is 0.220. The van der Waals surface area contributed by atoms with Crippen molar-refractivity contribution < 1.29 is 9.53 Å². The van der Waals surface area contributed by atoms with Gasteiger partial charge in [0.2, 0.25) is 0 Å². The first-order chi connectivity index (χ1) is 8.77. The topological polar surface area (TPSA) is 26.3 Å². The Balaban J connectivity index is 3.12. The first-order valence-corrected chi connectivity index (χ1v) is 7.24. The molecule has 104 valence electrons. The zero-order valence-corrected chi connectivity index (χ0v) is 12.0. The third kappa shape index (κ3) is 14.9. The molecule has 0 aliphatic rings. The summed E-state index contributed by atoms with van der Waals surface area (Å²) in [5, 5.41) is 0. The zero-order valence-electron chi connectivity index (χ0n) is 12.0. The van der Waals surface area contributed by atoms with Crippen LogP contribution in [-0.4, -0.2) is 5.97 Å².